The third-order valence-corrected chi connectivity index (χ3v) is 5.76. The fraction of sp³-hybridized carbons (Fsp3) is 0.235. The summed E-state index contributed by atoms with van der Waals surface area (Å²) in [4.78, 5) is 18.4. The monoisotopic (exact) mass is 322 g/mol. The maximum absolute atomic E-state index is 12.3. The standard InChI is InChI=1S/C17H14N4OS/c18-9-17(11-4-2-1-3-5-11)7-6-12-13(8-17)23-15-14(12)16(22)21(19)10-20-15/h1-5,10H,6-8,19H2. The number of thiophene rings is 1. The van der Waals surface area contributed by atoms with Crippen LogP contribution in [0, 0.1) is 11.3 Å². The van der Waals surface area contributed by atoms with Crippen LogP contribution in [0.15, 0.2) is 41.5 Å². The van der Waals surface area contributed by atoms with Gasteiger partial charge in [-0.25, -0.2) is 9.66 Å². The Kier molecular flexibility index (Phi) is 3.00. The van der Waals surface area contributed by atoms with Crippen molar-refractivity contribution in [3.8, 4) is 6.07 Å². The average Bonchev–Trinajstić information content (AvgIpc) is 2.96. The molecular formula is C17H14N4OS. The second-order valence-electron chi connectivity index (χ2n) is 5.88. The summed E-state index contributed by atoms with van der Waals surface area (Å²) >= 11 is 1.50. The normalized spacial score (nSPS) is 20.1. The highest BCUT2D eigenvalue weighted by Gasteiger charge is 2.38. The Hall–Kier alpha value is -2.65. The molecule has 4 rings (SSSR count). The van der Waals surface area contributed by atoms with Crippen molar-refractivity contribution in [3.05, 3.63) is 63.0 Å². The van der Waals surface area contributed by atoms with E-state index < -0.39 is 5.41 Å². The van der Waals surface area contributed by atoms with Gasteiger partial charge in [0.15, 0.2) is 0 Å². The summed E-state index contributed by atoms with van der Waals surface area (Å²) in [5.41, 5.74) is 1.31. The van der Waals surface area contributed by atoms with Gasteiger partial charge in [0.05, 0.1) is 16.9 Å². The predicted molar refractivity (Wildman–Crippen MR) is 89.8 cm³/mol. The Balaban J connectivity index is 1.89. The van der Waals surface area contributed by atoms with Crippen molar-refractivity contribution in [2.45, 2.75) is 24.7 Å². The minimum absolute atomic E-state index is 0.211. The molecule has 2 heterocycles. The molecule has 114 valence electrons. The van der Waals surface area contributed by atoms with Crippen LogP contribution < -0.4 is 11.4 Å². The minimum Gasteiger partial charge on any atom is -0.335 e. The Morgan fingerprint density at radius 3 is 2.87 bits per heavy atom. The summed E-state index contributed by atoms with van der Waals surface area (Å²) in [6.07, 6.45) is 3.36. The summed E-state index contributed by atoms with van der Waals surface area (Å²) in [6, 6.07) is 12.4. The number of nitrogens with two attached hydrogens (primary N) is 1. The van der Waals surface area contributed by atoms with E-state index >= 15 is 0 Å². The quantitative estimate of drug-likeness (QED) is 0.696. The number of nitriles is 1. The molecule has 2 aromatic heterocycles. The van der Waals surface area contributed by atoms with Gasteiger partial charge < -0.3 is 5.84 Å². The number of benzene rings is 1. The van der Waals surface area contributed by atoms with E-state index in [9.17, 15) is 10.1 Å². The lowest BCUT2D eigenvalue weighted by molar-refractivity contribution is 0.480. The number of rotatable bonds is 1. The zero-order valence-electron chi connectivity index (χ0n) is 12.3. The van der Waals surface area contributed by atoms with Gasteiger partial charge in [-0.3, -0.25) is 4.79 Å². The Bertz CT molecular complexity index is 999. The molecule has 3 aromatic rings. The van der Waals surface area contributed by atoms with Crippen molar-refractivity contribution in [2.75, 3.05) is 5.84 Å². The molecule has 0 fully saturated rings. The molecule has 6 heteroatoms. The molecule has 0 saturated heterocycles. The van der Waals surface area contributed by atoms with Gasteiger partial charge in [-0.1, -0.05) is 30.3 Å². The van der Waals surface area contributed by atoms with E-state index in [0.717, 1.165) is 20.7 Å². The fourth-order valence-corrected chi connectivity index (χ4v) is 4.67. The molecule has 0 aliphatic heterocycles. The van der Waals surface area contributed by atoms with Crippen LogP contribution >= 0.6 is 11.3 Å². The number of hydrogen-bond donors (Lipinski definition) is 1. The molecular weight excluding hydrogens is 308 g/mol. The molecule has 0 saturated carbocycles. The highest BCUT2D eigenvalue weighted by atomic mass is 32.1. The Morgan fingerprint density at radius 1 is 1.35 bits per heavy atom. The number of nitrogens with zero attached hydrogens (tertiary/aromatic N) is 3. The van der Waals surface area contributed by atoms with Gasteiger partial charge in [0.25, 0.3) is 5.56 Å². The van der Waals surface area contributed by atoms with Gasteiger partial charge in [0.1, 0.15) is 11.2 Å². The zero-order chi connectivity index (χ0) is 16.0. The first-order valence-corrected chi connectivity index (χ1v) is 8.20. The molecule has 0 radical (unpaired) electrons. The van der Waals surface area contributed by atoms with Gasteiger partial charge in [-0.2, -0.15) is 5.26 Å². The van der Waals surface area contributed by atoms with Gasteiger partial charge in [0.2, 0.25) is 0 Å². The SMILES string of the molecule is N#CC1(c2ccccc2)CCc2c(sc3ncn(N)c(=O)c23)C1. The van der Waals surface area contributed by atoms with Crippen LogP contribution in [0.2, 0.25) is 0 Å². The first kappa shape index (κ1) is 14.0. The fourth-order valence-electron chi connectivity index (χ4n) is 3.38. The van der Waals surface area contributed by atoms with E-state index in [2.05, 4.69) is 11.1 Å². The van der Waals surface area contributed by atoms with Crippen LogP contribution in [0.3, 0.4) is 0 Å². The topological polar surface area (TPSA) is 84.7 Å². The summed E-state index contributed by atoms with van der Waals surface area (Å²) in [5.74, 6) is 5.64. The van der Waals surface area contributed by atoms with Gasteiger partial charge in [0, 0.05) is 11.3 Å². The lowest BCUT2D eigenvalue weighted by Gasteiger charge is -2.31. The van der Waals surface area contributed by atoms with Gasteiger partial charge >= 0.3 is 0 Å². The van der Waals surface area contributed by atoms with Crippen molar-refractivity contribution in [3.63, 3.8) is 0 Å². The number of aryl methyl sites for hydroxylation is 1. The highest BCUT2D eigenvalue weighted by molar-refractivity contribution is 7.18. The van der Waals surface area contributed by atoms with Crippen LogP contribution in [0.1, 0.15) is 22.4 Å². The van der Waals surface area contributed by atoms with Crippen molar-refractivity contribution in [1.82, 2.24) is 9.66 Å². The molecule has 23 heavy (non-hydrogen) atoms. The zero-order valence-corrected chi connectivity index (χ0v) is 13.1. The highest BCUT2D eigenvalue weighted by Crippen LogP contribution is 2.43. The molecule has 0 spiro atoms. The Labute approximate surface area is 136 Å². The van der Waals surface area contributed by atoms with Crippen LogP contribution in [-0.2, 0) is 18.3 Å². The predicted octanol–water partition coefficient (Wildman–Crippen LogP) is 2.12. The van der Waals surface area contributed by atoms with E-state index in [1.165, 1.54) is 17.7 Å². The smallest absolute Gasteiger partial charge is 0.280 e. The third-order valence-electron chi connectivity index (χ3n) is 4.62. The van der Waals surface area contributed by atoms with Crippen LogP contribution in [0.4, 0.5) is 0 Å². The maximum Gasteiger partial charge on any atom is 0.280 e. The third kappa shape index (κ3) is 1.97. The van der Waals surface area contributed by atoms with Crippen molar-refractivity contribution in [1.29, 1.82) is 5.26 Å². The van der Waals surface area contributed by atoms with Gasteiger partial charge in [-0.05, 0) is 24.0 Å². The lowest BCUT2D eigenvalue weighted by atomic mass is 9.70. The molecule has 0 bridgehead atoms. The Morgan fingerprint density at radius 2 is 2.13 bits per heavy atom. The molecule has 1 aromatic carbocycles. The van der Waals surface area contributed by atoms with Crippen LogP contribution in [0.25, 0.3) is 10.2 Å². The van der Waals surface area contributed by atoms with E-state index in [4.69, 9.17) is 5.84 Å². The number of nitrogen functional groups attached to an aromatic ring is 1. The van der Waals surface area contributed by atoms with Gasteiger partial charge in [-0.15, -0.1) is 11.3 Å². The first-order valence-electron chi connectivity index (χ1n) is 7.38. The molecule has 1 atom stereocenters. The van der Waals surface area contributed by atoms with E-state index in [-0.39, 0.29) is 5.56 Å². The maximum atomic E-state index is 12.3. The average molecular weight is 322 g/mol. The molecule has 1 aliphatic carbocycles. The molecule has 2 N–H and O–H groups in total. The molecule has 1 unspecified atom stereocenters. The van der Waals surface area contributed by atoms with Crippen molar-refractivity contribution >= 4 is 21.6 Å². The van der Waals surface area contributed by atoms with E-state index in [1.807, 2.05) is 30.3 Å². The first-order chi connectivity index (χ1) is 11.1. The molecule has 1 aliphatic rings. The van der Waals surface area contributed by atoms with Crippen molar-refractivity contribution in [2.24, 2.45) is 0 Å². The summed E-state index contributed by atoms with van der Waals surface area (Å²) < 4.78 is 1.03. The molecule has 5 nitrogen and oxygen atoms in total. The summed E-state index contributed by atoms with van der Waals surface area (Å²) in [6.45, 7) is 0. The number of hydrogen-bond acceptors (Lipinski definition) is 5. The summed E-state index contributed by atoms with van der Waals surface area (Å²) in [5, 5.41) is 10.5. The lowest BCUT2D eigenvalue weighted by Crippen LogP contribution is -2.32. The summed E-state index contributed by atoms with van der Waals surface area (Å²) in [7, 11) is 0. The van der Waals surface area contributed by atoms with Crippen LogP contribution in [0.5, 0.6) is 0 Å². The number of fused-ring (bicyclic) bond motifs is 3. The second kappa shape index (κ2) is 4.93. The van der Waals surface area contributed by atoms with E-state index in [0.29, 0.717) is 29.5 Å². The largest absolute Gasteiger partial charge is 0.335 e. The van der Waals surface area contributed by atoms with E-state index in [1.54, 1.807) is 0 Å². The second-order valence-corrected chi connectivity index (χ2v) is 6.96. The van der Waals surface area contributed by atoms with Crippen LogP contribution in [-0.4, -0.2) is 9.66 Å². The minimum atomic E-state index is -0.531. The number of aromatic nitrogens is 2. The van der Waals surface area contributed by atoms with Crippen molar-refractivity contribution < 1.29 is 0 Å². The molecule has 0 amide bonds.